The molecule has 0 spiro atoms. The first-order valence-corrected chi connectivity index (χ1v) is 5.44. The fourth-order valence-corrected chi connectivity index (χ4v) is 1.76. The van der Waals surface area contributed by atoms with Crippen molar-refractivity contribution in [3.8, 4) is 11.6 Å². The van der Waals surface area contributed by atoms with Crippen LogP contribution in [0.3, 0.4) is 0 Å². The van der Waals surface area contributed by atoms with Crippen LogP contribution in [0.5, 0.6) is 11.6 Å². The predicted molar refractivity (Wildman–Crippen MR) is 65.9 cm³/mol. The second-order valence-electron chi connectivity index (χ2n) is 3.91. The molecule has 4 nitrogen and oxygen atoms in total. The molecular weight excluding hydrogens is 214 g/mol. The summed E-state index contributed by atoms with van der Waals surface area (Å²) in [4.78, 5) is 7.89. The topological polar surface area (TPSA) is 61.0 Å². The smallest absolute Gasteiger partial charge is 0.222 e. The minimum Gasteiger partial charge on any atom is -0.438 e. The summed E-state index contributed by atoms with van der Waals surface area (Å²) in [5, 5.41) is 0. The molecule has 0 bridgehead atoms. The third kappa shape index (κ3) is 2.60. The molecule has 1 aromatic carbocycles. The van der Waals surface area contributed by atoms with Gasteiger partial charge in [0.2, 0.25) is 5.88 Å². The van der Waals surface area contributed by atoms with Gasteiger partial charge in [-0.25, -0.2) is 9.97 Å². The summed E-state index contributed by atoms with van der Waals surface area (Å²) in [6.45, 7) is 4.54. The molecule has 1 aromatic heterocycles. The van der Waals surface area contributed by atoms with Gasteiger partial charge in [0.25, 0.3) is 0 Å². The van der Waals surface area contributed by atoms with Crippen LogP contribution in [0.15, 0.2) is 30.7 Å². The molecule has 1 heterocycles. The van der Waals surface area contributed by atoms with Gasteiger partial charge in [0.05, 0.1) is 0 Å². The first kappa shape index (κ1) is 11.5. The highest BCUT2D eigenvalue weighted by atomic mass is 16.5. The highest BCUT2D eigenvalue weighted by Gasteiger charge is 2.07. The molecular formula is C13H15N3O. The summed E-state index contributed by atoms with van der Waals surface area (Å²) in [6.07, 6.45) is 3.12. The molecule has 0 saturated heterocycles. The van der Waals surface area contributed by atoms with Gasteiger partial charge >= 0.3 is 0 Å². The maximum Gasteiger partial charge on any atom is 0.222 e. The minimum atomic E-state index is 0.537. The second kappa shape index (κ2) is 4.93. The van der Waals surface area contributed by atoms with Crippen molar-refractivity contribution >= 4 is 0 Å². The lowest BCUT2D eigenvalue weighted by Gasteiger charge is -2.12. The van der Waals surface area contributed by atoms with Crippen LogP contribution in [0.2, 0.25) is 0 Å². The van der Waals surface area contributed by atoms with Crippen molar-refractivity contribution in [1.29, 1.82) is 0 Å². The Labute approximate surface area is 100 Å². The number of hydrogen-bond acceptors (Lipinski definition) is 4. The monoisotopic (exact) mass is 229 g/mol. The molecule has 0 radical (unpaired) electrons. The zero-order valence-electron chi connectivity index (χ0n) is 9.97. The molecule has 2 rings (SSSR count). The number of nitrogens with zero attached hydrogens (tertiary/aromatic N) is 2. The van der Waals surface area contributed by atoms with Gasteiger partial charge < -0.3 is 10.5 Å². The molecule has 0 amide bonds. The molecule has 17 heavy (non-hydrogen) atoms. The van der Waals surface area contributed by atoms with E-state index in [9.17, 15) is 0 Å². The van der Waals surface area contributed by atoms with E-state index in [1.54, 1.807) is 12.3 Å². The van der Waals surface area contributed by atoms with Crippen LogP contribution in [-0.4, -0.2) is 9.97 Å². The Morgan fingerprint density at radius 1 is 1.24 bits per heavy atom. The average Bonchev–Trinajstić information content (AvgIpc) is 2.35. The quantitative estimate of drug-likeness (QED) is 0.877. The Bertz CT molecular complexity index is 488. The fourth-order valence-electron chi connectivity index (χ4n) is 1.76. The maximum atomic E-state index is 5.75. The lowest BCUT2D eigenvalue weighted by atomic mass is 10.1. The Kier molecular flexibility index (Phi) is 3.35. The zero-order valence-corrected chi connectivity index (χ0v) is 9.97. The number of hydrogen-bond donors (Lipinski definition) is 1. The summed E-state index contributed by atoms with van der Waals surface area (Å²) in [5.41, 5.74) is 8.85. The van der Waals surface area contributed by atoms with Gasteiger partial charge in [-0.15, -0.1) is 0 Å². The minimum absolute atomic E-state index is 0.537. The third-order valence-electron chi connectivity index (χ3n) is 2.52. The van der Waals surface area contributed by atoms with Crippen LogP contribution in [0.25, 0.3) is 0 Å². The summed E-state index contributed by atoms with van der Waals surface area (Å²) < 4.78 is 5.75. The van der Waals surface area contributed by atoms with E-state index >= 15 is 0 Å². The van der Waals surface area contributed by atoms with Crippen molar-refractivity contribution in [3.63, 3.8) is 0 Å². The predicted octanol–water partition coefficient (Wildman–Crippen LogP) is 2.34. The van der Waals surface area contributed by atoms with Crippen LogP contribution in [0.1, 0.15) is 16.7 Å². The number of benzene rings is 1. The Morgan fingerprint density at radius 3 is 2.47 bits per heavy atom. The van der Waals surface area contributed by atoms with E-state index in [1.807, 2.05) is 26.0 Å². The largest absolute Gasteiger partial charge is 0.438 e. The van der Waals surface area contributed by atoms with Crippen LogP contribution in [0, 0.1) is 13.8 Å². The molecule has 2 N–H and O–H groups in total. The van der Waals surface area contributed by atoms with Gasteiger partial charge in [-0.2, -0.15) is 0 Å². The molecule has 0 fully saturated rings. The molecule has 0 unspecified atom stereocenters. The summed E-state index contributed by atoms with van der Waals surface area (Å²) in [5.74, 6) is 1.38. The first-order valence-electron chi connectivity index (χ1n) is 5.44. The lowest BCUT2D eigenvalue weighted by Crippen LogP contribution is -2.00. The summed E-state index contributed by atoms with van der Waals surface area (Å²) in [6, 6.07) is 5.79. The van der Waals surface area contributed by atoms with Crippen LogP contribution in [0.4, 0.5) is 0 Å². The molecule has 2 aromatic rings. The van der Waals surface area contributed by atoms with E-state index in [0.29, 0.717) is 12.4 Å². The Morgan fingerprint density at radius 2 is 1.94 bits per heavy atom. The van der Waals surface area contributed by atoms with Gasteiger partial charge in [0.1, 0.15) is 12.1 Å². The van der Waals surface area contributed by atoms with Gasteiger partial charge in [-0.05, 0) is 30.5 Å². The zero-order chi connectivity index (χ0) is 12.3. The van der Waals surface area contributed by atoms with Crippen molar-refractivity contribution in [2.45, 2.75) is 20.4 Å². The van der Waals surface area contributed by atoms with E-state index < -0.39 is 0 Å². The van der Waals surface area contributed by atoms with Crippen LogP contribution in [-0.2, 0) is 6.54 Å². The highest BCUT2D eigenvalue weighted by Crippen LogP contribution is 2.28. The van der Waals surface area contributed by atoms with E-state index in [2.05, 4.69) is 9.97 Å². The molecule has 0 saturated carbocycles. The van der Waals surface area contributed by atoms with Crippen molar-refractivity contribution in [3.05, 3.63) is 47.4 Å². The Hall–Kier alpha value is -1.94. The van der Waals surface area contributed by atoms with Crippen molar-refractivity contribution in [2.24, 2.45) is 5.73 Å². The molecule has 0 aliphatic heterocycles. The van der Waals surface area contributed by atoms with Gasteiger partial charge in [0, 0.05) is 18.8 Å². The number of ether oxygens (including phenoxy) is 1. The van der Waals surface area contributed by atoms with Crippen molar-refractivity contribution in [1.82, 2.24) is 9.97 Å². The van der Waals surface area contributed by atoms with E-state index in [-0.39, 0.29) is 0 Å². The second-order valence-corrected chi connectivity index (χ2v) is 3.91. The standard InChI is InChI=1S/C13H15N3O/c1-9-5-11(7-14)6-10(2)13(9)17-12-3-4-15-8-16-12/h3-6,8H,7,14H2,1-2H3. The average molecular weight is 229 g/mol. The van der Waals surface area contributed by atoms with Gasteiger partial charge in [-0.3, -0.25) is 0 Å². The van der Waals surface area contributed by atoms with E-state index in [0.717, 1.165) is 22.4 Å². The molecule has 88 valence electrons. The maximum absolute atomic E-state index is 5.75. The molecule has 0 aliphatic rings. The Balaban J connectivity index is 2.33. The number of aromatic nitrogens is 2. The molecule has 0 atom stereocenters. The van der Waals surface area contributed by atoms with E-state index in [1.165, 1.54) is 6.33 Å². The number of aryl methyl sites for hydroxylation is 2. The summed E-state index contributed by atoms with van der Waals surface area (Å²) >= 11 is 0. The lowest BCUT2D eigenvalue weighted by molar-refractivity contribution is 0.454. The van der Waals surface area contributed by atoms with Crippen LogP contribution < -0.4 is 10.5 Å². The first-order chi connectivity index (χ1) is 8.20. The third-order valence-corrected chi connectivity index (χ3v) is 2.52. The van der Waals surface area contributed by atoms with Gasteiger partial charge in [0.15, 0.2) is 0 Å². The number of nitrogens with two attached hydrogens (primary N) is 1. The number of rotatable bonds is 3. The van der Waals surface area contributed by atoms with Gasteiger partial charge in [-0.1, -0.05) is 12.1 Å². The summed E-state index contributed by atoms with van der Waals surface area (Å²) in [7, 11) is 0. The normalized spacial score (nSPS) is 10.3. The van der Waals surface area contributed by atoms with Crippen molar-refractivity contribution in [2.75, 3.05) is 0 Å². The molecule has 4 heteroatoms. The highest BCUT2D eigenvalue weighted by molar-refractivity contribution is 5.44. The SMILES string of the molecule is Cc1cc(CN)cc(C)c1Oc1ccncn1. The van der Waals surface area contributed by atoms with E-state index in [4.69, 9.17) is 10.5 Å². The van der Waals surface area contributed by atoms with Crippen LogP contribution >= 0.6 is 0 Å². The fraction of sp³-hybridized carbons (Fsp3) is 0.231. The molecule has 0 aliphatic carbocycles. The van der Waals surface area contributed by atoms with Crippen molar-refractivity contribution < 1.29 is 4.74 Å².